The first kappa shape index (κ1) is 19.7. The van der Waals surface area contributed by atoms with Crippen LogP contribution in [0.5, 0.6) is 0 Å². The number of rotatable bonds is 6. The number of nitrogens with zero attached hydrogens (tertiary/aromatic N) is 5. The fraction of sp³-hybridized carbons (Fsp3) is 0.143. The van der Waals surface area contributed by atoms with E-state index in [1.54, 1.807) is 18.3 Å². The molecule has 4 rings (SSSR count). The molecule has 0 unspecified atom stereocenters. The van der Waals surface area contributed by atoms with Crippen molar-refractivity contribution in [1.29, 1.82) is 0 Å². The third kappa shape index (κ3) is 4.20. The molecule has 152 valence electrons. The van der Waals surface area contributed by atoms with Gasteiger partial charge in [0.05, 0.1) is 10.6 Å². The van der Waals surface area contributed by atoms with Crippen LogP contribution in [0.1, 0.15) is 16.2 Å². The van der Waals surface area contributed by atoms with Crippen molar-refractivity contribution >= 4 is 23.1 Å². The number of pyridine rings is 1. The number of hydrogen-bond donors (Lipinski definition) is 1. The number of benzene rings is 1. The number of thiophene rings is 1. The van der Waals surface area contributed by atoms with Crippen LogP contribution in [0, 0.1) is 5.82 Å². The van der Waals surface area contributed by atoms with Crippen LogP contribution in [-0.2, 0) is 6.54 Å². The van der Waals surface area contributed by atoms with Gasteiger partial charge in [-0.05, 0) is 41.3 Å². The molecule has 4 aromatic rings. The van der Waals surface area contributed by atoms with E-state index in [1.165, 1.54) is 28.2 Å². The predicted octanol–water partition coefficient (Wildman–Crippen LogP) is 3.53. The van der Waals surface area contributed by atoms with Crippen molar-refractivity contribution < 1.29 is 9.18 Å². The molecule has 30 heavy (non-hydrogen) atoms. The maximum atomic E-state index is 13.7. The van der Waals surface area contributed by atoms with E-state index >= 15 is 0 Å². The van der Waals surface area contributed by atoms with Crippen LogP contribution in [0.25, 0.3) is 16.4 Å². The van der Waals surface area contributed by atoms with Gasteiger partial charge in [-0.25, -0.2) is 19.0 Å². The summed E-state index contributed by atoms with van der Waals surface area (Å²) >= 11 is 1.47. The van der Waals surface area contributed by atoms with Crippen molar-refractivity contribution in [3.63, 3.8) is 0 Å². The molecule has 1 N–H and O–H groups in total. The third-order valence-electron chi connectivity index (χ3n) is 4.32. The number of nitrogens with one attached hydrogen (secondary N) is 1. The second kappa shape index (κ2) is 8.42. The average Bonchev–Trinajstić information content (AvgIpc) is 3.42. The summed E-state index contributed by atoms with van der Waals surface area (Å²) < 4.78 is 15.2. The highest BCUT2D eigenvalue weighted by atomic mass is 32.1. The summed E-state index contributed by atoms with van der Waals surface area (Å²) in [5.41, 5.74) is 1.35. The minimum Gasteiger partial charge on any atom is -0.363 e. The first-order chi connectivity index (χ1) is 14.5. The molecule has 0 aliphatic rings. The van der Waals surface area contributed by atoms with E-state index in [0.717, 1.165) is 16.3 Å². The molecule has 0 aliphatic carbocycles. The molecule has 0 bridgehead atoms. The number of aromatic nitrogens is 4. The highest BCUT2D eigenvalue weighted by Crippen LogP contribution is 2.25. The molecule has 0 saturated carbocycles. The minimum absolute atomic E-state index is 0.0144. The smallest absolute Gasteiger partial charge is 0.291 e. The number of amides is 1. The number of hydrogen-bond acceptors (Lipinski definition) is 6. The molecular formula is C21H19FN6OS. The molecule has 0 radical (unpaired) electrons. The van der Waals surface area contributed by atoms with E-state index in [0.29, 0.717) is 18.1 Å². The van der Waals surface area contributed by atoms with Gasteiger partial charge >= 0.3 is 0 Å². The summed E-state index contributed by atoms with van der Waals surface area (Å²) in [5.74, 6) is 0.527. The number of carbonyl (C=O) groups is 1. The van der Waals surface area contributed by atoms with Gasteiger partial charge in [-0.2, -0.15) is 0 Å². The molecule has 3 heterocycles. The van der Waals surface area contributed by atoms with Crippen molar-refractivity contribution in [3.8, 4) is 16.4 Å². The van der Waals surface area contributed by atoms with Crippen LogP contribution in [0.3, 0.4) is 0 Å². The lowest BCUT2D eigenvalue weighted by atomic mass is 10.3. The van der Waals surface area contributed by atoms with Crippen LogP contribution in [0.4, 0.5) is 10.2 Å². The summed E-state index contributed by atoms with van der Waals surface area (Å²) in [5, 5.41) is 9.06. The first-order valence-corrected chi connectivity index (χ1v) is 10.1. The Balaban J connectivity index is 1.58. The summed E-state index contributed by atoms with van der Waals surface area (Å²) in [6.07, 6.45) is 1.71. The molecule has 0 saturated heterocycles. The Morgan fingerprint density at radius 3 is 2.73 bits per heavy atom. The Hall–Kier alpha value is -3.59. The molecule has 0 fully saturated rings. The molecule has 0 aliphatic heterocycles. The molecular weight excluding hydrogens is 403 g/mol. The lowest BCUT2D eigenvalue weighted by Gasteiger charge is -2.11. The number of carbonyl (C=O) groups excluding carboxylic acids is 1. The van der Waals surface area contributed by atoms with Gasteiger partial charge in [0.1, 0.15) is 11.6 Å². The van der Waals surface area contributed by atoms with Crippen molar-refractivity contribution in [3.05, 3.63) is 77.3 Å². The van der Waals surface area contributed by atoms with Crippen molar-refractivity contribution in [2.45, 2.75) is 6.54 Å². The molecule has 3 aromatic heterocycles. The molecule has 7 nitrogen and oxygen atoms in total. The summed E-state index contributed by atoms with van der Waals surface area (Å²) in [6.45, 7) is 0.294. The van der Waals surface area contributed by atoms with Crippen LogP contribution in [0.15, 0.2) is 60.1 Å². The lowest BCUT2D eigenvalue weighted by Crippen LogP contribution is -2.24. The summed E-state index contributed by atoms with van der Waals surface area (Å²) in [4.78, 5) is 24.2. The quantitative estimate of drug-likeness (QED) is 0.515. The van der Waals surface area contributed by atoms with Gasteiger partial charge < -0.3 is 10.2 Å². The van der Waals surface area contributed by atoms with Gasteiger partial charge in [-0.3, -0.25) is 4.79 Å². The fourth-order valence-corrected chi connectivity index (χ4v) is 3.51. The standard InChI is InChI=1S/C21H19FN6OS/c1-27(2)18-9-8-14(12-23-18)13-24-21(29)19-25-20(17-7-4-10-30-17)28(26-19)16-6-3-5-15(22)11-16/h3-12H,13H2,1-2H3,(H,24,29). The van der Waals surface area contributed by atoms with E-state index in [2.05, 4.69) is 20.4 Å². The Morgan fingerprint density at radius 2 is 2.07 bits per heavy atom. The molecule has 0 spiro atoms. The minimum atomic E-state index is -0.417. The van der Waals surface area contributed by atoms with Gasteiger partial charge in [-0.1, -0.05) is 18.2 Å². The second-order valence-electron chi connectivity index (χ2n) is 6.73. The van der Waals surface area contributed by atoms with Gasteiger partial charge in [0, 0.05) is 26.8 Å². The SMILES string of the molecule is CN(C)c1ccc(CNC(=O)c2nc(-c3cccs3)n(-c3cccc(F)c3)n2)cn1. The molecule has 0 atom stereocenters. The summed E-state index contributed by atoms with van der Waals surface area (Å²) in [6, 6.07) is 13.6. The molecule has 9 heteroatoms. The third-order valence-corrected chi connectivity index (χ3v) is 5.19. The van der Waals surface area contributed by atoms with Gasteiger partial charge in [0.2, 0.25) is 5.82 Å². The molecule has 1 aromatic carbocycles. The van der Waals surface area contributed by atoms with Gasteiger partial charge in [0.25, 0.3) is 5.91 Å². The van der Waals surface area contributed by atoms with Gasteiger partial charge in [0.15, 0.2) is 5.82 Å². The van der Waals surface area contributed by atoms with Crippen LogP contribution in [-0.4, -0.2) is 39.8 Å². The zero-order chi connectivity index (χ0) is 21.1. The highest BCUT2D eigenvalue weighted by molar-refractivity contribution is 7.13. The highest BCUT2D eigenvalue weighted by Gasteiger charge is 2.19. The van der Waals surface area contributed by atoms with Gasteiger partial charge in [-0.15, -0.1) is 16.4 Å². The Labute approximate surface area is 176 Å². The van der Waals surface area contributed by atoms with E-state index in [9.17, 15) is 9.18 Å². The normalized spacial score (nSPS) is 10.8. The van der Waals surface area contributed by atoms with Crippen molar-refractivity contribution in [2.24, 2.45) is 0 Å². The Morgan fingerprint density at radius 1 is 1.20 bits per heavy atom. The summed E-state index contributed by atoms with van der Waals surface area (Å²) in [7, 11) is 3.82. The van der Waals surface area contributed by atoms with Crippen LogP contribution >= 0.6 is 11.3 Å². The predicted molar refractivity (Wildman–Crippen MR) is 114 cm³/mol. The number of anilines is 1. The lowest BCUT2D eigenvalue weighted by molar-refractivity contribution is 0.0940. The number of halogens is 1. The maximum absolute atomic E-state index is 13.7. The average molecular weight is 422 g/mol. The van der Waals surface area contributed by atoms with E-state index in [4.69, 9.17) is 0 Å². The van der Waals surface area contributed by atoms with Crippen LogP contribution in [0.2, 0.25) is 0 Å². The van der Waals surface area contributed by atoms with E-state index < -0.39 is 5.91 Å². The molecule has 1 amide bonds. The topological polar surface area (TPSA) is 75.9 Å². The fourth-order valence-electron chi connectivity index (χ4n) is 2.81. The second-order valence-corrected chi connectivity index (χ2v) is 7.68. The first-order valence-electron chi connectivity index (χ1n) is 9.18. The Kier molecular flexibility index (Phi) is 5.53. The monoisotopic (exact) mass is 422 g/mol. The van der Waals surface area contributed by atoms with Crippen molar-refractivity contribution in [2.75, 3.05) is 19.0 Å². The van der Waals surface area contributed by atoms with Crippen molar-refractivity contribution in [1.82, 2.24) is 25.1 Å². The largest absolute Gasteiger partial charge is 0.363 e. The van der Waals surface area contributed by atoms with Crippen LogP contribution < -0.4 is 10.2 Å². The zero-order valence-electron chi connectivity index (χ0n) is 16.4. The van der Waals surface area contributed by atoms with E-state index in [1.807, 2.05) is 48.6 Å². The zero-order valence-corrected chi connectivity index (χ0v) is 17.2. The van der Waals surface area contributed by atoms with E-state index in [-0.39, 0.29) is 11.6 Å². The Bertz CT molecular complexity index is 1150. The maximum Gasteiger partial charge on any atom is 0.291 e.